The minimum Gasteiger partial charge on any atom is -0.423 e. The Bertz CT molecular complexity index is 240. The molecule has 1 aromatic rings. The zero-order valence-corrected chi connectivity index (χ0v) is 6.83. The molecule has 0 spiro atoms. The van der Waals surface area contributed by atoms with Crippen LogP contribution in [0.3, 0.4) is 0 Å². The Labute approximate surface area is 71.4 Å². The smallest absolute Gasteiger partial charge is 0.423 e. The first-order chi connectivity index (χ1) is 5.24. The normalized spacial score (nSPS) is 9.73. The largest absolute Gasteiger partial charge is 0.488 e. The second-order valence-electron chi connectivity index (χ2n) is 2.28. The molecule has 2 nitrogen and oxygen atoms in total. The van der Waals surface area contributed by atoms with E-state index in [1.807, 2.05) is 6.07 Å². The zero-order valence-electron chi connectivity index (χ0n) is 5.94. The molecular weight excluding hydrogens is 159 g/mol. The molecule has 0 saturated heterocycles. The molecule has 0 amide bonds. The molecule has 0 aliphatic carbocycles. The van der Waals surface area contributed by atoms with Gasteiger partial charge in [-0.05, 0) is 11.0 Å². The Morgan fingerprint density at radius 1 is 1.36 bits per heavy atom. The summed E-state index contributed by atoms with van der Waals surface area (Å²) < 4.78 is 0. The lowest BCUT2D eigenvalue weighted by Crippen LogP contribution is -2.29. The molecule has 0 fully saturated rings. The van der Waals surface area contributed by atoms with Gasteiger partial charge in [-0.25, -0.2) is 0 Å². The molecule has 0 aliphatic rings. The summed E-state index contributed by atoms with van der Waals surface area (Å²) in [6.45, 7) is 0. The summed E-state index contributed by atoms with van der Waals surface area (Å²) in [6.07, 6.45) is 0. The van der Waals surface area contributed by atoms with Crippen LogP contribution in [0.2, 0.25) is 0 Å². The van der Waals surface area contributed by atoms with Crippen LogP contribution in [0.4, 0.5) is 0 Å². The van der Waals surface area contributed by atoms with Gasteiger partial charge in [0.25, 0.3) is 0 Å². The van der Waals surface area contributed by atoms with E-state index in [4.69, 9.17) is 10.0 Å². The van der Waals surface area contributed by atoms with Gasteiger partial charge in [0.05, 0.1) is 0 Å². The molecule has 0 saturated carbocycles. The van der Waals surface area contributed by atoms with E-state index in [-0.39, 0.29) is 0 Å². The second kappa shape index (κ2) is 3.81. The molecule has 2 N–H and O–H groups in total. The number of benzene rings is 1. The van der Waals surface area contributed by atoms with Gasteiger partial charge in [-0.2, -0.15) is 12.6 Å². The lowest BCUT2D eigenvalue weighted by Gasteiger charge is -2.00. The average Bonchev–Trinajstić information content (AvgIpc) is 2.05. The maximum Gasteiger partial charge on any atom is 0.488 e. The highest BCUT2D eigenvalue weighted by molar-refractivity contribution is 7.79. The Kier molecular flexibility index (Phi) is 2.99. The van der Waals surface area contributed by atoms with Gasteiger partial charge < -0.3 is 10.0 Å². The monoisotopic (exact) mass is 168 g/mol. The zero-order chi connectivity index (χ0) is 8.27. The molecule has 0 radical (unpaired) electrons. The van der Waals surface area contributed by atoms with Crippen molar-refractivity contribution in [3.05, 3.63) is 29.8 Å². The predicted molar refractivity (Wildman–Crippen MR) is 49.0 cm³/mol. The van der Waals surface area contributed by atoms with Crippen LogP contribution in [0.25, 0.3) is 0 Å². The number of hydrogen-bond acceptors (Lipinski definition) is 3. The number of hydrogen-bond donors (Lipinski definition) is 3. The van der Waals surface area contributed by atoms with Gasteiger partial charge in [0.2, 0.25) is 0 Å². The van der Waals surface area contributed by atoms with Crippen LogP contribution in [-0.4, -0.2) is 17.2 Å². The van der Waals surface area contributed by atoms with Gasteiger partial charge in [-0.1, -0.05) is 24.3 Å². The van der Waals surface area contributed by atoms with E-state index >= 15 is 0 Å². The third kappa shape index (κ3) is 2.25. The summed E-state index contributed by atoms with van der Waals surface area (Å²) in [5.74, 6) is 0.612. The highest BCUT2D eigenvalue weighted by Crippen LogP contribution is 1.99. The lowest BCUT2D eigenvalue weighted by molar-refractivity contribution is 0.425. The van der Waals surface area contributed by atoms with Crippen molar-refractivity contribution in [3.63, 3.8) is 0 Å². The van der Waals surface area contributed by atoms with Crippen molar-refractivity contribution < 1.29 is 10.0 Å². The third-order valence-corrected chi connectivity index (χ3v) is 1.80. The molecular formula is C7H9BO2S. The molecule has 0 bridgehead atoms. The van der Waals surface area contributed by atoms with Crippen molar-refractivity contribution in [2.75, 3.05) is 0 Å². The minimum absolute atomic E-state index is 0.511. The SMILES string of the molecule is OB(O)c1cccc(CS)c1. The Hall–Kier alpha value is -0.445. The van der Waals surface area contributed by atoms with Crippen LogP contribution in [-0.2, 0) is 5.75 Å². The Morgan fingerprint density at radius 2 is 2.09 bits per heavy atom. The maximum absolute atomic E-state index is 8.77. The van der Waals surface area contributed by atoms with Gasteiger partial charge in [0.1, 0.15) is 0 Å². The summed E-state index contributed by atoms with van der Waals surface area (Å²) in [4.78, 5) is 0. The molecule has 0 atom stereocenters. The van der Waals surface area contributed by atoms with Crippen molar-refractivity contribution in [2.24, 2.45) is 0 Å². The van der Waals surface area contributed by atoms with E-state index in [2.05, 4.69) is 12.6 Å². The maximum atomic E-state index is 8.77. The fourth-order valence-corrected chi connectivity index (χ4v) is 1.05. The Balaban J connectivity index is 2.91. The van der Waals surface area contributed by atoms with Gasteiger partial charge in [0.15, 0.2) is 0 Å². The quantitative estimate of drug-likeness (QED) is 0.422. The summed E-state index contributed by atoms with van der Waals surface area (Å²) in [7, 11) is -1.38. The highest BCUT2D eigenvalue weighted by atomic mass is 32.1. The molecule has 58 valence electrons. The van der Waals surface area contributed by atoms with Crippen LogP contribution >= 0.6 is 12.6 Å². The summed E-state index contributed by atoms with van der Waals surface area (Å²) in [5.41, 5.74) is 1.50. The fourth-order valence-electron chi connectivity index (χ4n) is 0.852. The van der Waals surface area contributed by atoms with Crippen LogP contribution in [0.5, 0.6) is 0 Å². The lowest BCUT2D eigenvalue weighted by atomic mass is 9.80. The van der Waals surface area contributed by atoms with E-state index in [0.29, 0.717) is 11.2 Å². The molecule has 11 heavy (non-hydrogen) atoms. The fraction of sp³-hybridized carbons (Fsp3) is 0.143. The summed E-state index contributed by atoms with van der Waals surface area (Å²) >= 11 is 4.06. The van der Waals surface area contributed by atoms with Gasteiger partial charge in [-0.3, -0.25) is 0 Å². The first-order valence-corrected chi connectivity index (χ1v) is 3.93. The predicted octanol–water partition coefficient (Wildman–Crippen LogP) is -0.204. The van der Waals surface area contributed by atoms with E-state index in [1.165, 1.54) is 0 Å². The first-order valence-electron chi connectivity index (χ1n) is 3.30. The molecule has 1 aromatic carbocycles. The minimum atomic E-state index is -1.38. The second-order valence-corrected chi connectivity index (χ2v) is 2.59. The van der Waals surface area contributed by atoms with Crippen molar-refractivity contribution in [3.8, 4) is 0 Å². The molecule has 4 heteroatoms. The van der Waals surface area contributed by atoms with E-state index in [1.54, 1.807) is 18.2 Å². The Morgan fingerprint density at radius 3 is 2.64 bits per heavy atom. The third-order valence-electron chi connectivity index (χ3n) is 1.43. The van der Waals surface area contributed by atoms with Crippen LogP contribution in [0.1, 0.15) is 5.56 Å². The molecule has 0 heterocycles. The van der Waals surface area contributed by atoms with Crippen molar-refractivity contribution in [1.29, 1.82) is 0 Å². The van der Waals surface area contributed by atoms with Gasteiger partial charge in [-0.15, -0.1) is 0 Å². The van der Waals surface area contributed by atoms with Gasteiger partial charge in [0, 0.05) is 5.75 Å². The van der Waals surface area contributed by atoms with Crippen molar-refractivity contribution in [1.82, 2.24) is 0 Å². The van der Waals surface area contributed by atoms with Crippen LogP contribution < -0.4 is 5.46 Å². The van der Waals surface area contributed by atoms with Crippen LogP contribution in [0, 0.1) is 0 Å². The number of rotatable bonds is 2. The molecule has 0 aliphatic heterocycles. The van der Waals surface area contributed by atoms with Gasteiger partial charge >= 0.3 is 7.12 Å². The highest BCUT2D eigenvalue weighted by Gasteiger charge is 2.09. The van der Waals surface area contributed by atoms with Crippen molar-refractivity contribution >= 4 is 25.2 Å². The van der Waals surface area contributed by atoms with Crippen LogP contribution in [0.15, 0.2) is 24.3 Å². The standard InChI is InChI=1S/C7H9BO2S/c9-8(10)7-3-1-2-6(4-7)5-11/h1-4,9-11H,5H2. The average molecular weight is 168 g/mol. The molecule has 0 unspecified atom stereocenters. The summed E-state index contributed by atoms with van der Waals surface area (Å²) in [6, 6.07) is 7.05. The van der Waals surface area contributed by atoms with Crippen molar-refractivity contribution in [2.45, 2.75) is 5.75 Å². The molecule has 0 aromatic heterocycles. The van der Waals surface area contributed by atoms with E-state index in [9.17, 15) is 0 Å². The molecule has 1 rings (SSSR count). The number of thiol groups is 1. The van der Waals surface area contributed by atoms with E-state index < -0.39 is 7.12 Å². The first kappa shape index (κ1) is 8.65. The topological polar surface area (TPSA) is 40.5 Å². The van der Waals surface area contributed by atoms with E-state index in [0.717, 1.165) is 5.56 Å². The summed E-state index contributed by atoms with van der Waals surface area (Å²) in [5, 5.41) is 17.5.